The molecule has 2 aliphatic heterocycles. The summed E-state index contributed by atoms with van der Waals surface area (Å²) in [5.74, 6) is 0.907. The lowest BCUT2D eigenvalue weighted by molar-refractivity contribution is -0.138. The fourth-order valence-corrected chi connectivity index (χ4v) is 6.99. The van der Waals surface area contributed by atoms with Crippen molar-refractivity contribution in [3.8, 4) is 6.07 Å². The van der Waals surface area contributed by atoms with Crippen molar-refractivity contribution in [2.75, 3.05) is 18.0 Å². The average Bonchev–Trinajstić information content (AvgIpc) is 3.42. The second-order valence-electron chi connectivity index (χ2n) is 12.5. The molecule has 10 heteroatoms. The second kappa shape index (κ2) is 10.8. The number of carbonyl (C=O) groups is 1. The summed E-state index contributed by atoms with van der Waals surface area (Å²) in [6.45, 7) is 4.17. The highest BCUT2D eigenvalue weighted by atomic mass is 19.4. The van der Waals surface area contributed by atoms with E-state index in [1.165, 1.54) is 11.0 Å². The highest BCUT2D eigenvalue weighted by Crippen LogP contribution is 2.50. The van der Waals surface area contributed by atoms with Crippen molar-refractivity contribution < 1.29 is 18.0 Å². The lowest BCUT2D eigenvalue weighted by Crippen LogP contribution is -2.43. The van der Waals surface area contributed by atoms with E-state index in [-0.39, 0.29) is 29.0 Å². The van der Waals surface area contributed by atoms with Gasteiger partial charge in [0.25, 0.3) is 5.91 Å². The number of rotatable bonds is 6. The zero-order valence-corrected chi connectivity index (χ0v) is 24.0. The van der Waals surface area contributed by atoms with Gasteiger partial charge in [0.05, 0.1) is 18.2 Å². The minimum Gasteiger partial charge on any atom is -0.321 e. The van der Waals surface area contributed by atoms with E-state index in [0.717, 1.165) is 43.7 Å². The SMILES string of the molecule is CC1CCCN(Cc2cc3c(c(C(F)(F)F)c2)CN(c2cccc([C@]4(Cc5nncn5C)C[C@@H](C#N)C4)c2)C3=O)CC1. The number of aromatic nitrogens is 3. The Hall–Kier alpha value is -3.71. The molecule has 1 amide bonds. The summed E-state index contributed by atoms with van der Waals surface area (Å²) in [6, 6.07) is 12.8. The molecule has 0 bridgehead atoms. The number of halogens is 3. The maximum Gasteiger partial charge on any atom is 0.416 e. The quantitative estimate of drug-likeness (QED) is 0.358. The molecule has 220 valence electrons. The van der Waals surface area contributed by atoms with E-state index >= 15 is 0 Å². The van der Waals surface area contributed by atoms with Crippen LogP contribution >= 0.6 is 0 Å². The van der Waals surface area contributed by atoms with E-state index in [2.05, 4.69) is 28.1 Å². The zero-order valence-electron chi connectivity index (χ0n) is 24.0. The lowest BCUT2D eigenvalue weighted by atomic mass is 9.57. The molecule has 0 N–H and O–H groups in total. The first-order valence-electron chi connectivity index (χ1n) is 14.7. The molecule has 3 heterocycles. The first-order valence-corrected chi connectivity index (χ1v) is 14.7. The van der Waals surface area contributed by atoms with E-state index in [1.807, 2.05) is 29.8 Å². The topological polar surface area (TPSA) is 78.1 Å². The third kappa shape index (κ3) is 5.31. The molecule has 0 spiro atoms. The number of nitrogens with zero attached hydrogens (tertiary/aromatic N) is 6. The Morgan fingerprint density at radius 3 is 2.67 bits per heavy atom. The van der Waals surface area contributed by atoms with E-state index in [9.17, 15) is 23.2 Å². The number of aryl methyl sites for hydroxylation is 1. The fourth-order valence-electron chi connectivity index (χ4n) is 6.99. The standard InChI is InChI=1S/C32H35F3N6O/c1-21-5-4-9-40(10-8-21)18-22-11-26-27(28(12-22)32(33,34)35)19-41(30(26)42)25-7-3-6-24(13-25)31(14-23(15-31)17-36)16-29-38-37-20-39(29)2/h3,6-7,11-13,20-21,23H,4-5,8-10,14-16,18-19H2,1-2H3/t21?,23-,31-. The van der Waals surface area contributed by atoms with Crippen molar-refractivity contribution in [3.63, 3.8) is 0 Å². The smallest absolute Gasteiger partial charge is 0.321 e. The summed E-state index contributed by atoms with van der Waals surface area (Å²) in [4.78, 5) is 17.4. The maximum atomic E-state index is 14.3. The van der Waals surface area contributed by atoms with Gasteiger partial charge < -0.3 is 9.47 Å². The van der Waals surface area contributed by atoms with Crippen LogP contribution < -0.4 is 4.90 Å². The first kappa shape index (κ1) is 28.4. The number of likely N-dealkylation sites (tertiary alicyclic amines) is 1. The molecule has 0 radical (unpaired) electrons. The van der Waals surface area contributed by atoms with Gasteiger partial charge in [0.2, 0.25) is 0 Å². The third-order valence-electron chi connectivity index (χ3n) is 9.45. The Kier molecular flexibility index (Phi) is 7.34. The van der Waals surface area contributed by atoms with E-state index < -0.39 is 17.6 Å². The fraction of sp³-hybridized carbons (Fsp3) is 0.500. The second-order valence-corrected chi connectivity index (χ2v) is 12.5. The Labute approximate surface area is 243 Å². The molecule has 1 atom stereocenters. The Balaban J connectivity index is 1.31. The number of nitriles is 1. The first-order chi connectivity index (χ1) is 20.1. The van der Waals surface area contributed by atoms with E-state index in [0.29, 0.717) is 43.0 Å². The van der Waals surface area contributed by atoms with Gasteiger partial charge >= 0.3 is 6.18 Å². The molecule has 6 rings (SSSR count). The van der Waals surface area contributed by atoms with E-state index in [1.54, 1.807) is 18.5 Å². The average molecular weight is 577 g/mol. The molecule has 1 unspecified atom stereocenters. The van der Waals surface area contributed by atoms with Gasteiger partial charge in [-0.15, -0.1) is 10.2 Å². The minimum absolute atomic E-state index is 0.0353. The largest absolute Gasteiger partial charge is 0.416 e. The summed E-state index contributed by atoms with van der Waals surface area (Å²) in [5, 5.41) is 17.8. The summed E-state index contributed by atoms with van der Waals surface area (Å²) in [7, 11) is 1.87. The Morgan fingerprint density at radius 1 is 1.14 bits per heavy atom. The van der Waals surface area contributed by atoms with Crippen molar-refractivity contribution in [2.24, 2.45) is 18.9 Å². The van der Waals surface area contributed by atoms with Crippen LogP contribution in [0.25, 0.3) is 0 Å². The van der Waals surface area contributed by atoms with Crippen LogP contribution in [-0.4, -0.2) is 38.7 Å². The molecular weight excluding hydrogens is 541 g/mol. The van der Waals surface area contributed by atoms with Gasteiger partial charge in [0, 0.05) is 42.6 Å². The van der Waals surface area contributed by atoms with Gasteiger partial charge in [-0.05, 0) is 92.1 Å². The van der Waals surface area contributed by atoms with Crippen LogP contribution in [0, 0.1) is 23.2 Å². The van der Waals surface area contributed by atoms with Crippen molar-refractivity contribution in [2.45, 2.75) is 70.1 Å². The monoisotopic (exact) mass is 576 g/mol. The highest BCUT2D eigenvalue weighted by Gasteiger charge is 2.47. The number of fused-ring (bicyclic) bond motifs is 1. The number of benzene rings is 2. The van der Waals surface area contributed by atoms with Gasteiger partial charge in [-0.3, -0.25) is 9.69 Å². The number of amides is 1. The van der Waals surface area contributed by atoms with Crippen molar-refractivity contribution in [3.05, 3.63) is 76.4 Å². The number of hydrogen-bond acceptors (Lipinski definition) is 5. The molecule has 1 saturated heterocycles. The predicted molar refractivity (Wildman–Crippen MR) is 151 cm³/mol. The predicted octanol–water partition coefficient (Wildman–Crippen LogP) is 6.03. The van der Waals surface area contributed by atoms with Gasteiger partial charge in [-0.1, -0.05) is 19.1 Å². The summed E-state index contributed by atoms with van der Waals surface area (Å²) < 4.78 is 44.9. The lowest BCUT2D eigenvalue weighted by Gasteiger charge is -2.45. The number of carbonyl (C=O) groups excluding carboxylic acids is 1. The van der Waals surface area contributed by atoms with Gasteiger partial charge in [-0.25, -0.2) is 0 Å². The normalized spacial score (nSPS) is 24.7. The van der Waals surface area contributed by atoms with Gasteiger partial charge in [0.15, 0.2) is 0 Å². The van der Waals surface area contributed by atoms with Crippen LogP contribution in [0.1, 0.15) is 77.5 Å². The molecule has 7 nitrogen and oxygen atoms in total. The summed E-state index contributed by atoms with van der Waals surface area (Å²) in [5.41, 5.74) is 1.12. The van der Waals surface area contributed by atoms with Gasteiger partial charge in [0.1, 0.15) is 12.2 Å². The maximum absolute atomic E-state index is 14.3. The summed E-state index contributed by atoms with van der Waals surface area (Å²) >= 11 is 0. The molecular formula is C32H35F3N6O. The third-order valence-corrected chi connectivity index (χ3v) is 9.45. The van der Waals surface area contributed by atoms with Crippen LogP contribution in [0.4, 0.5) is 18.9 Å². The van der Waals surface area contributed by atoms with Crippen LogP contribution in [0.3, 0.4) is 0 Å². The molecule has 1 aromatic heterocycles. The molecule has 42 heavy (non-hydrogen) atoms. The molecule has 1 saturated carbocycles. The van der Waals surface area contributed by atoms with Gasteiger partial charge in [-0.2, -0.15) is 18.4 Å². The molecule has 3 aromatic rings. The molecule has 3 aliphatic rings. The van der Waals surface area contributed by atoms with Crippen LogP contribution in [0.5, 0.6) is 0 Å². The number of anilines is 1. The van der Waals surface area contributed by atoms with E-state index in [4.69, 9.17) is 0 Å². The zero-order chi connectivity index (χ0) is 29.6. The van der Waals surface area contributed by atoms with Crippen molar-refractivity contribution in [1.82, 2.24) is 19.7 Å². The van der Waals surface area contributed by atoms with Crippen LogP contribution in [0.15, 0.2) is 42.7 Å². The van der Waals surface area contributed by atoms with Crippen LogP contribution in [0.2, 0.25) is 0 Å². The molecule has 2 aromatic carbocycles. The van der Waals surface area contributed by atoms with Crippen molar-refractivity contribution in [1.29, 1.82) is 5.26 Å². The Morgan fingerprint density at radius 2 is 1.95 bits per heavy atom. The molecule has 1 aliphatic carbocycles. The minimum atomic E-state index is -4.57. The number of hydrogen-bond donors (Lipinski definition) is 0. The number of alkyl halides is 3. The van der Waals surface area contributed by atoms with Crippen LogP contribution in [-0.2, 0) is 38.1 Å². The summed E-state index contributed by atoms with van der Waals surface area (Å²) in [6.07, 6.45) is 2.11. The molecule has 2 fully saturated rings. The highest BCUT2D eigenvalue weighted by molar-refractivity contribution is 6.10. The Bertz CT molecular complexity index is 1530. The van der Waals surface area contributed by atoms with Crippen molar-refractivity contribution >= 4 is 11.6 Å².